The molecule has 3 aromatic carbocycles. The molecule has 5 aromatic rings. The van der Waals surface area contributed by atoms with Gasteiger partial charge in [-0.1, -0.05) is 24.2 Å². The summed E-state index contributed by atoms with van der Waals surface area (Å²) >= 11 is 0. The maximum absolute atomic E-state index is 15.2. The van der Waals surface area contributed by atoms with Crippen molar-refractivity contribution in [2.24, 2.45) is 0 Å². The molecular formula is C41H50N6O8S. The number of rotatable bonds is 15. The van der Waals surface area contributed by atoms with Crippen LogP contribution in [-0.2, 0) is 21.3 Å². The Morgan fingerprint density at radius 3 is 2.27 bits per heavy atom. The SMILES string of the molecule is CCN1CCCC1c1cc(OC)c(S(=O)(=O)N(Cc2ccc(OC)cc2)c2noc3cc(Nc4cc(C5CC5)n(C5CCCCO5)n4)c(OC)cc23)c(OC)c1. The number of methoxy groups -OCH3 is 4. The average Bonchev–Trinajstić information content (AvgIpc) is 3.60. The zero-order chi connectivity index (χ0) is 39.0. The lowest BCUT2D eigenvalue weighted by molar-refractivity contribution is -0.0409. The highest BCUT2D eigenvalue weighted by Gasteiger charge is 2.37. The molecule has 1 saturated carbocycles. The topological polar surface area (TPSA) is 143 Å². The van der Waals surface area contributed by atoms with Gasteiger partial charge in [-0.15, -0.1) is 0 Å². The van der Waals surface area contributed by atoms with Crippen molar-refractivity contribution in [1.82, 2.24) is 19.8 Å². The summed E-state index contributed by atoms with van der Waals surface area (Å²) in [5, 5.41) is 13.2. The molecule has 2 saturated heterocycles. The first-order valence-electron chi connectivity index (χ1n) is 19.4. The summed E-state index contributed by atoms with van der Waals surface area (Å²) < 4.78 is 68.6. The van der Waals surface area contributed by atoms with Gasteiger partial charge in [0.1, 0.15) is 23.0 Å². The number of benzene rings is 3. The van der Waals surface area contributed by atoms with Crippen LogP contribution in [-0.4, -0.2) is 76.4 Å². The molecule has 298 valence electrons. The van der Waals surface area contributed by atoms with Crippen molar-refractivity contribution in [2.75, 3.05) is 57.8 Å². The van der Waals surface area contributed by atoms with E-state index in [9.17, 15) is 0 Å². The van der Waals surface area contributed by atoms with Crippen LogP contribution in [0.2, 0.25) is 0 Å². The highest BCUT2D eigenvalue weighted by Crippen LogP contribution is 2.46. The Labute approximate surface area is 327 Å². The van der Waals surface area contributed by atoms with Crippen LogP contribution < -0.4 is 28.6 Å². The lowest BCUT2D eigenvalue weighted by Crippen LogP contribution is -2.32. The molecule has 3 fully saturated rings. The summed E-state index contributed by atoms with van der Waals surface area (Å²) in [7, 11) is 1.66. The van der Waals surface area contributed by atoms with E-state index in [0.717, 1.165) is 75.9 Å². The van der Waals surface area contributed by atoms with Crippen LogP contribution >= 0.6 is 0 Å². The molecule has 8 rings (SSSR count). The van der Waals surface area contributed by atoms with Gasteiger partial charge in [0.25, 0.3) is 10.0 Å². The molecule has 15 heteroatoms. The van der Waals surface area contributed by atoms with Crippen LogP contribution in [0.15, 0.2) is 64.0 Å². The Hall–Kier alpha value is -4.99. The predicted molar refractivity (Wildman–Crippen MR) is 212 cm³/mol. The van der Waals surface area contributed by atoms with Gasteiger partial charge in [0.15, 0.2) is 28.3 Å². The normalized spacial score (nSPS) is 18.9. The van der Waals surface area contributed by atoms with Crippen LogP contribution in [0.4, 0.5) is 17.3 Å². The van der Waals surface area contributed by atoms with E-state index in [2.05, 4.69) is 28.4 Å². The molecule has 56 heavy (non-hydrogen) atoms. The Kier molecular flexibility index (Phi) is 10.7. The Balaban J connectivity index is 1.20. The van der Waals surface area contributed by atoms with E-state index in [-0.39, 0.29) is 41.0 Å². The molecule has 14 nitrogen and oxygen atoms in total. The van der Waals surface area contributed by atoms with Gasteiger partial charge < -0.3 is 33.5 Å². The summed E-state index contributed by atoms with van der Waals surface area (Å²) in [5.41, 5.74) is 3.74. The number of aromatic nitrogens is 3. The van der Waals surface area contributed by atoms with Crippen LogP contribution in [0.5, 0.6) is 23.0 Å². The Morgan fingerprint density at radius 2 is 1.62 bits per heavy atom. The highest BCUT2D eigenvalue weighted by molar-refractivity contribution is 7.93. The number of hydrogen-bond acceptors (Lipinski definition) is 12. The molecule has 1 N–H and O–H groups in total. The molecule has 4 heterocycles. The number of anilines is 3. The molecule has 0 spiro atoms. The fourth-order valence-electron chi connectivity index (χ4n) is 8.05. The molecule has 2 aromatic heterocycles. The molecule has 2 aliphatic heterocycles. The third-order valence-electron chi connectivity index (χ3n) is 11.1. The van der Waals surface area contributed by atoms with E-state index >= 15 is 8.42 Å². The van der Waals surface area contributed by atoms with Gasteiger partial charge in [-0.25, -0.2) is 17.4 Å². The lowest BCUT2D eigenvalue weighted by atomic mass is 10.0. The first-order valence-corrected chi connectivity index (χ1v) is 20.8. The zero-order valence-electron chi connectivity index (χ0n) is 32.6. The molecule has 2 atom stereocenters. The minimum atomic E-state index is -4.43. The van der Waals surface area contributed by atoms with Gasteiger partial charge in [0.05, 0.1) is 46.1 Å². The van der Waals surface area contributed by atoms with Crippen molar-refractivity contribution >= 4 is 38.3 Å². The third kappa shape index (κ3) is 7.23. The summed E-state index contributed by atoms with van der Waals surface area (Å²) in [5.74, 6) is 2.67. The van der Waals surface area contributed by atoms with Crippen LogP contribution in [0, 0.1) is 0 Å². The van der Waals surface area contributed by atoms with Crippen molar-refractivity contribution in [2.45, 2.75) is 81.5 Å². The van der Waals surface area contributed by atoms with E-state index in [0.29, 0.717) is 45.5 Å². The van der Waals surface area contributed by atoms with Gasteiger partial charge in [-0.2, -0.15) is 5.10 Å². The number of nitrogens with zero attached hydrogens (tertiary/aromatic N) is 5. The number of hydrogen-bond donors (Lipinski definition) is 1. The van der Waals surface area contributed by atoms with E-state index in [4.69, 9.17) is 33.3 Å². The van der Waals surface area contributed by atoms with Crippen LogP contribution in [0.3, 0.4) is 0 Å². The quantitative estimate of drug-likeness (QED) is 0.110. The van der Waals surface area contributed by atoms with Crippen molar-refractivity contribution in [1.29, 1.82) is 0 Å². The first-order chi connectivity index (χ1) is 27.3. The number of sulfonamides is 1. The summed E-state index contributed by atoms with van der Waals surface area (Å²) in [6.07, 6.45) is 7.26. The predicted octanol–water partition coefficient (Wildman–Crippen LogP) is 7.93. The summed E-state index contributed by atoms with van der Waals surface area (Å²) in [6, 6.07) is 16.5. The third-order valence-corrected chi connectivity index (χ3v) is 12.9. The minimum Gasteiger partial charge on any atom is -0.497 e. The maximum Gasteiger partial charge on any atom is 0.273 e. The largest absolute Gasteiger partial charge is 0.497 e. The second-order valence-electron chi connectivity index (χ2n) is 14.6. The average molecular weight is 787 g/mol. The van der Waals surface area contributed by atoms with Crippen molar-refractivity contribution < 1.29 is 36.6 Å². The van der Waals surface area contributed by atoms with E-state index < -0.39 is 10.0 Å². The van der Waals surface area contributed by atoms with E-state index in [1.807, 2.05) is 28.9 Å². The molecule has 1 aliphatic carbocycles. The fraction of sp³-hybridized carbons (Fsp3) is 0.463. The molecule has 0 bridgehead atoms. The molecule has 0 amide bonds. The zero-order valence-corrected chi connectivity index (χ0v) is 33.4. The smallest absolute Gasteiger partial charge is 0.273 e. The lowest BCUT2D eigenvalue weighted by Gasteiger charge is -2.27. The van der Waals surface area contributed by atoms with Crippen molar-refractivity contribution in [3.8, 4) is 23.0 Å². The van der Waals surface area contributed by atoms with Crippen LogP contribution in [0.25, 0.3) is 11.0 Å². The highest BCUT2D eigenvalue weighted by atomic mass is 32.2. The molecule has 0 radical (unpaired) electrons. The standard InChI is InChI=1S/C41H50N6O8S/c1-6-45-18-9-10-32(45)28-20-36(52-4)40(37(21-28)53-5)56(48,49)46(25-26-12-16-29(50-2)17-13-26)41-30-22-35(51-3)31(23-34(30)55-44-41)42-38-24-33(27-14-15-27)47(43-38)39-11-7-8-19-54-39/h12-13,16-17,20-24,27,32,39H,6-11,14-15,18-19,25H2,1-5H3,(H,42,43). The summed E-state index contributed by atoms with van der Waals surface area (Å²) in [4.78, 5) is 2.27. The number of nitrogens with one attached hydrogen (secondary N) is 1. The number of likely N-dealkylation sites (tertiary alicyclic amines) is 1. The van der Waals surface area contributed by atoms with Crippen molar-refractivity contribution in [3.05, 3.63) is 71.4 Å². The van der Waals surface area contributed by atoms with Gasteiger partial charge in [0, 0.05) is 36.4 Å². The fourth-order valence-corrected chi connectivity index (χ4v) is 9.74. The Morgan fingerprint density at radius 1 is 0.875 bits per heavy atom. The maximum atomic E-state index is 15.2. The number of ether oxygens (including phenoxy) is 5. The second kappa shape index (κ2) is 15.9. The number of fused-ring (bicyclic) bond motifs is 1. The van der Waals surface area contributed by atoms with E-state index in [1.54, 1.807) is 38.5 Å². The monoisotopic (exact) mass is 786 g/mol. The van der Waals surface area contributed by atoms with Gasteiger partial charge >= 0.3 is 0 Å². The Bertz CT molecular complexity index is 2260. The minimum absolute atomic E-state index is 0.0801. The van der Waals surface area contributed by atoms with E-state index in [1.165, 1.54) is 18.5 Å². The van der Waals surface area contributed by atoms with Gasteiger partial charge in [-0.05, 0) is 99.5 Å². The molecule has 2 unspecified atom stereocenters. The molecule has 3 aliphatic rings. The van der Waals surface area contributed by atoms with Gasteiger partial charge in [0.2, 0.25) is 0 Å². The summed E-state index contributed by atoms with van der Waals surface area (Å²) in [6.45, 7) is 4.63. The molecular weight excluding hydrogens is 737 g/mol. The second-order valence-corrected chi connectivity index (χ2v) is 16.4. The van der Waals surface area contributed by atoms with Crippen LogP contribution in [0.1, 0.15) is 86.9 Å². The van der Waals surface area contributed by atoms with Gasteiger partial charge in [-0.3, -0.25) is 4.90 Å². The van der Waals surface area contributed by atoms with Crippen molar-refractivity contribution in [3.63, 3.8) is 0 Å². The first kappa shape index (κ1) is 37.9.